The second-order valence-corrected chi connectivity index (χ2v) is 6.93. The third-order valence-electron chi connectivity index (χ3n) is 3.94. The first kappa shape index (κ1) is 18.4. The van der Waals surface area contributed by atoms with Crippen molar-refractivity contribution < 1.29 is 9.59 Å². The standard InChI is InChI=1S/C15H18ClN3O2S.ClH/c16-11-3-1-10(2-4-11)15(21)19-9-22-8-13(19)14(20)18-12-5-6-17-7-12;/h1-4,12-13,17H,5-9H2,(H,18,20);1H. The molecule has 0 bridgehead atoms. The molecule has 8 heteroatoms. The molecular formula is C15H19Cl2N3O2S. The number of nitrogens with zero attached hydrogens (tertiary/aromatic N) is 1. The predicted molar refractivity (Wildman–Crippen MR) is 95.4 cm³/mol. The Balaban J connectivity index is 0.00000192. The van der Waals surface area contributed by atoms with Crippen molar-refractivity contribution in [2.24, 2.45) is 0 Å². The van der Waals surface area contributed by atoms with E-state index in [1.807, 2.05) is 0 Å². The first-order valence-electron chi connectivity index (χ1n) is 7.30. The molecule has 3 rings (SSSR count). The number of hydrogen-bond donors (Lipinski definition) is 2. The van der Waals surface area contributed by atoms with Crippen LogP contribution in [0.3, 0.4) is 0 Å². The first-order chi connectivity index (χ1) is 10.6. The van der Waals surface area contributed by atoms with Gasteiger partial charge in [0.1, 0.15) is 6.04 Å². The molecule has 2 N–H and O–H groups in total. The van der Waals surface area contributed by atoms with Crippen molar-refractivity contribution in [3.8, 4) is 0 Å². The van der Waals surface area contributed by atoms with Crippen LogP contribution in [0.1, 0.15) is 16.8 Å². The number of carbonyl (C=O) groups is 2. The Labute approximate surface area is 150 Å². The fourth-order valence-corrected chi connectivity index (χ4v) is 3.97. The minimum atomic E-state index is -0.395. The van der Waals surface area contributed by atoms with Gasteiger partial charge in [-0.25, -0.2) is 0 Å². The topological polar surface area (TPSA) is 61.4 Å². The second kappa shape index (κ2) is 8.24. The lowest BCUT2D eigenvalue weighted by Gasteiger charge is -2.24. The number of amides is 2. The van der Waals surface area contributed by atoms with Gasteiger partial charge in [-0.3, -0.25) is 9.59 Å². The van der Waals surface area contributed by atoms with Crippen LogP contribution in [-0.4, -0.2) is 53.5 Å². The van der Waals surface area contributed by atoms with Crippen LogP contribution in [0.15, 0.2) is 24.3 Å². The number of rotatable bonds is 3. The quantitative estimate of drug-likeness (QED) is 0.844. The minimum Gasteiger partial charge on any atom is -0.350 e. The number of thioether (sulfide) groups is 1. The molecule has 2 fully saturated rings. The maximum absolute atomic E-state index is 12.6. The molecule has 0 aliphatic carbocycles. The molecule has 0 aromatic heterocycles. The molecule has 2 unspecified atom stereocenters. The number of benzene rings is 1. The van der Waals surface area contributed by atoms with E-state index in [0.717, 1.165) is 19.5 Å². The molecule has 23 heavy (non-hydrogen) atoms. The third kappa shape index (κ3) is 4.32. The predicted octanol–water partition coefficient (Wildman–Crippen LogP) is 1.75. The zero-order chi connectivity index (χ0) is 15.5. The van der Waals surface area contributed by atoms with Crippen LogP contribution in [0.2, 0.25) is 5.02 Å². The van der Waals surface area contributed by atoms with Crippen LogP contribution in [0.4, 0.5) is 0 Å². The van der Waals surface area contributed by atoms with Gasteiger partial charge in [0.05, 0.1) is 5.88 Å². The van der Waals surface area contributed by atoms with E-state index in [4.69, 9.17) is 11.6 Å². The minimum absolute atomic E-state index is 0. The Morgan fingerprint density at radius 1 is 1.30 bits per heavy atom. The number of nitrogens with one attached hydrogen (secondary N) is 2. The molecule has 2 saturated heterocycles. The summed E-state index contributed by atoms with van der Waals surface area (Å²) in [6.07, 6.45) is 0.941. The summed E-state index contributed by atoms with van der Waals surface area (Å²) >= 11 is 7.46. The molecule has 5 nitrogen and oxygen atoms in total. The summed E-state index contributed by atoms with van der Waals surface area (Å²) in [5.74, 6) is 1.01. The van der Waals surface area contributed by atoms with E-state index in [-0.39, 0.29) is 30.3 Å². The molecule has 0 saturated carbocycles. The molecule has 0 spiro atoms. The van der Waals surface area contributed by atoms with Gasteiger partial charge < -0.3 is 15.5 Å². The van der Waals surface area contributed by atoms with E-state index in [1.54, 1.807) is 40.9 Å². The SMILES string of the molecule is Cl.O=C(NC1CCNC1)C1CSCN1C(=O)c1ccc(Cl)cc1. The number of hydrogen-bond acceptors (Lipinski definition) is 4. The Kier molecular flexibility index (Phi) is 6.59. The van der Waals surface area contributed by atoms with E-state index in [0.29, 0.717) is 22.2 Å². The maximum atomic E-state index is 12.6. The zero-order valence-corrected chi connectivity index (χ0v) is 14.8. The molecule has 2 atom stereocenters. The Morgan fingerprint density at radius 3 is 2.70 bits per heavy atom. The normalized spacial score (nSPS) is 23.4. The summed E-state index contributed by atoms with van der Waals surface area (Å²) in [7, 11) is 0. The van der Waals surface area contributed by atoms with Gasteiger partial charge in [-0.2, -0.15) is 0 Å². The highest BCUT2D eigenvalue weighted by atomic mass is 35.5. The lowest BCUT2D eigenvalue weighted by atomic mass is 10.1. The van der Waals surface area contributed by atoms with Crippen LogP contribution in [0.25, 0.3) is 0 Å². The van der Waals surface area contributed by atoms with Crippen molar-refractivity contribution in [1.29, 1.82) is 0 Å². The summed E-state index contributed by atoms with van der Waals surface area (Å²) in [5.41, 5.74) is 0.562. The van der Waals surface area contributed by atoms with Crippen molar-refractivity contribution in [1.82, 2.24) is 15.5 Å². The molecule has 126 valence electrons. The third-order valence-corrected chi connectivity index (χ3v) is 5.21. The first-order valence-corrected chi connectivity index (χ1v) is 8.84. The highest BCUT2D eigenvalue weighted by Gasteiger charge is 2.36. The summed E-state index contributed by atoms with van der Waals surface area (Å²) in [4.78, 5) is 26.7. The van der Waals surface area contributed by atoms with Gasteiger partial charge in [-0.05, 0) is 37.2 Å². The van der Waals surface area contributed by atoms with Crippen LogP contribution >= 0.6 is 35.8 Å². The molecule has 2 heterocycles. The Hall–Kier alpha value is -0.950. The summed E-state index contributed by atoms with van der Waals surface area (Å²) in [5, 5.41) is 6.85. The van der Waals surface area contributed by atoms with Crippen molar-refractivity contribution in [2.75, 3.05) is 24.7 Å². The lowest BCUT2D eigenvalue weighted by Crippen LogP contribution is -2.50. The fraction of sp³-hybridized carbons (Fsp3) is 0.467. The molecule has 1 aromatic carbocycles. The van der Waals surface area contributed by atoms with Gasteiger partial charge in [0.2, 0.25) is 5.91 Å². The summed E-state index contributed by atoms with van der Waals surface area (Å²) in [6.45, 7) is 1.73. The molecule has 2 amide bonds. The fourth-order valence-electron chi connectivity index (χ4n) is 2.69. The van der Waals surface area contributed by atoms with Crippen molar-refractivity contribution in [3.05, 3.63) is 34.9 Å². The van der Waals surface area contributed by atoms with Crippen LogP contribution in [0.5, 0.6) is 0 Å². The van der Waals surface area contributed by atoms with E-state index < -0.39 is 6.04 Å². The molecule has 2 aliphatic rings. The second-order valence-electron chi connectivity index (χ2n) is 5.50. The Morgan fingerprint density at radius 2 is 2.04 bits per heavy atom. The van der Waals surface area contributed by atoms with Gasteiger partial charge in [-0.15, -0.1) is 24.2 Å². The van der Waals surface area contributed by atoms with Gasteiger partial charge in [-0.1, -0.05) is 11.6 Å². The molecule has 1 aromatic rings. The number of carbonyl (C=O) groups excluding carboxylic acids is 2. The smallest absolute Gasteiger partial charge is 0.255 e. The van der Waals surface area contributed by atoms with E-state index >= 15 is 0 Å². The van der Waals surface area contributed by atoms with Crippen molar-refractivity contribution in [3.63, 3.8) is 0 Å². The summed E-state index contributed by atoms with van der Waals surface area (Å²) < 4.78 is 0. The Bertz CT molecular complexity index is 564. The highest BCUT2D eigenvalue weighted by Crippen LogP contribution is 2.24. The molecular weight excluding hydrogens is 357 g/mol. The largest absolute Gasteiger partial charge is 0.350 e. The van der Waals surface area contributed by atoms with E-state index in [2.05, 4.69) is 10.6 Å². The average Bonchev–Trinajstić information content (AvgIpc) is 3.18. The molecule has 0 radical (unpaired) electrons. The van der Waals surface area contributed by atoms with E-state index in [9.17, 15) is 9.59 Å². The number of halogens is 2. The van der Waals surface area contributed by atoms with Gasteiger partial charge in [0.25, 0.3) is 5.91 Å². The zero-order valence-electron chi connectivity index (χ0n) is 12.5. The highest BCUT2D eigenvalue weighted by molar-refractivity contribution is 7.99. The van der Waals surface area contributed by atoms with Crippen molar-refractivity contribution >= 4 is 47.6 Å². The van der Waals surface area contributed by atoms with Gasteiger partial charge in [0.15, 0.2) is 0 Å². The maximum Gasteiger partial charge on any atom is 0.255 e. The van der Waals surface area contributed by atoms with Crippen molar-refractivity contribution in [2.45, 2.75) is 18.5 Å². The van der Waals surface area contributed by atoms with Gasteiger partial charge in [0, 0.05) is 28.9 Å². The lowest BCUT2D eigenvalue weighted by molar-refractivity contribution is -0.125. The summed E-state index contributed by atoms with van der Waals surface area (Å²) in [6, 6.07) is 6.56. The van der Waals surface area contributed by atoms with Crippen LogP contribution < -0.4 is 10.6 Å². The van der Waals surface area contributed by atoms with E-state index in [1.165, 1.54) is 0 Å². The monoisotopic (exact) mass is 375 g/mol. The molecule has 2 aliphatic heterocycles. The van der Waals surface area contributed by atoms with Gasteiger partial charge >= 0.3 is 0 Å². The average molecular weight is 376 g/mol. The van der Waals surface area contributed by atoms with Crippen LogP contribution in [0, 0.1) is 0 Å². The van der Waals surface area contributed by atoms with Crippen LogP contribution in [-0.2, 0) is 4.79 Å².